The third kappa shape index (κ3) is 4.25. The van der Waals surface area contributed by atoms with Gasteiger partial charge in [-0.05, 0) is 50.7 Å². The van der Waals surface area contributed by atoms with E-state index in [1.54, 1.807) is 7.11 Å². The molecular formula is C21H28N4O3. The summed E-state index contributed by atoms with van der Waals surface area (Å²) < 4.78 is 6.90. The number of carbonyl (C=O) groups excluding carboxylic acids is 2. The standard InChI is InChI=1S/C21H28N4O3/c1-14-8-6-9-15(2)17(14)24-20(26)18-16-10-4-5-12-25(16)19(23-18)21(27)22-11-7-13-28-3/h6,8-9H,4-5,7,10-13H2,1-3H3,(H,22,27)(H,24,26). The van der Waals surface area contributed by atoms with E-state index in [-0.39, 0.29) is 11.8 Å². The van der Waals surface area contributed by atoms with Gasteiger partial charge in [-0.2, -0.15) is 0 Å². The van der Waals surface area contributed by atoms with Gasteiger partial charge in [0.1, 0.15) is 0 Å². The Labute approximate surface area is 165 Å². The highest BCUT2D eigenvalue weighted by Crippen LogP contribution is 2.24. The van der Waals surface area contributed by atoms with E-state index in [4.69, 9.17) is 4.74 Å². The Morgan fingerprint density at radius 2 is 1.93 bits per heavy atom. The van der Waals surface area contributed by atoms with Crippen LogP contribution in [0.15, 0.2) is 18.2 Å². The van der Waals surface area contributed by atoms with Crippen LogP contribution in [-0.4, -0.2) is 41.6 Å². The Hall–Kier alpha value is -2.67. The van der Waals surface area contributed by atoms with Crippen LogP contribution in [0, 0.1) is 13.8 Å². The fraction of sp³-hybridized carbons (Fsp3) is 0.476. The van der Waals surface area contributed by atoms with Crippen LogP contribution in [0.3, 0.4) is 0 Å². The van der Waals surface area contributed by atoms with E-state index in [0.29, 0.717) is 31.2 Å². The Kier molecular flexibility index (Phi) is 6.46. The van der Waals surface area contributed by atoms with E-state index in [1.807, 2.05) is 36.6 Å². The first-order valence-corrected chi connectivity index (χ1v) is 9.77. The van der Waals surface area contributed by atoms with Crippen LogP contribution in [0.4, 0.5) is 5.69 Å². The van der Waals surface area contributed by atoms with E-state index >= 15 is 0 Å². The Balaban J connectivity index is 1.84. The summed E-state index contributed by atoms with van der Waals surface area (Å²) in [6, 6.07) is 5.89. The number of benzene rings is 1. The molecule has 0 unspecified atom stereocenters. The maximum atomic E-state index is 13.0. The molecule has 2 heterocycles. The maximum absolute atomic E-state index is 13.0. The predicted molar refractivity (Wildman–Crippen MR) is 108 cm³/mol. The molecule has 0 bridgehead atoms. The predicted octanol–water partition coefficient (Wildman–Crippen LogP) is 2.85. The van der Waals surface area contributed by atoms with E-state index in [0.717, 1.165) is 48.2 Å². The number of aryl methyl sites for hydroxylation is 2. The molecule has 28 heavy (non-hydrogen) atoms. The summed E-state index contributed by atoms with van der Waals surface area (Å²) in [6.45, 7) is 5.73. The molecule has 0 atom stereocenters. The molecule has 0 saturated heterocycles. The average molecular weight is 384 g/mol. The van der Waals surface area contributed by atoms with Crippen molar-refractivity contribution in [2.45, 2.75) is 46.1 Å². The van der Waals surface area contributed by atoms with Crippen molar-refractivity contribution in [2.24, 2.45) is 0 Å². The van der Waals surface area contributed by atoms with Crippen molar-refractivity contribution in [3.63, 3.8) is 0 Å². The SMILES string of the molecule is COCCCNC(=O)c1nc(C(=O)Nc2c(C)cccc2C)c2n1CCCC2. The number of hydrogen-bond acceptors (Lipinski definition) is 4. The van der Waals surface area contributed by atoms with Gasteiger partial charge in [0.2, 0.25) is 0 Å². The van der Waals surface area contributed by atoms with Gasteiger partial charge in [-0.15, -0.1) is 0 Å². The zero-order valence-corrected chi connectivity index (χ0v) is 16.8. The highest BCUT2D eigenvalue weighted by molar-refractivity contribution is 6.05. The Morgan fingerprint density at radius 1 is 1.18 bits per heavy atom. The first-order chi connectivity index (χ1) is 13.5. The molecule has 1 aliphatic rings. The molecule has 0 radical (unpaired) electrons. The molecule has 2 N–H and O–H groups in total. The molecule has 3 rings (SSSR count). The number of amides is 2. The van der Waals surface area contributed by atoms with Gasteiger partial charge in [-0.25, -0.2) is 4.98 Å². The van der Waals surface area contributed by atoms with Crippen LogP contribution >= 0.6 is 0 Å². The fourth-order valence-electron chi connectivity index (χ4n) is 3.58. The summed E-state index contributed by atoms with van der Waals surface area (Å²) in [4.78, 5) is 30.1. The normalized spacial score (nSPS) is 13.1. The molecule has 150 valence electrons. The Bertz CT molecular complexity index is 853. The summed E-state index contributed by atoms with van der Waals surface area (Å²) in [5.41, 5.74) is 3.99. The molecule has 7 nitrogen and oxygen atoms in total. The van der Waals surface area contributed by atoms with Crippen LogP contribution in [0.5, 0.6) is 0 Å². The van der Waals surface area contributed by atoms with E-state index in [1.165, 1.54) is 0 Å². The molecule has 2 amide bonds. The van der Waals surface area contributed by atoms with Crippen molar-refractivity contribution < 1.29 is 14.3 Å². The largest absolute Gasteiger partial charge is 0.385 e. The topological polar surface area (TPSA) is 85.2 Å². The maximum Gasteiger partial charge on any atom is 0.287 e. The number of rotatable bonds is 7. The van der Waals surface area contributed by atoms with Gasteiger partial charge in [0.05, 0.1) is 5.69 Å². The monoisotopic (exact) mass is 384 g/mol. The number of nitrogens with one attached hydrogen (secondary N) is 2. The lowest BCUT2D eigenvalue weighted by atomic mass is 10.1. The number of methoxy groups -OCH3 is 1. The van der Waals surface area contributed by atoms with Crippen molar-refractivity contribution in [1.82, 2.24) is 14.9 Å². The van der Waals surface area contributed by atoms with E-state index in [2.05, 4.69) is 15.6 Å². The van der Waals surface area contributed by atoms with Crippen LogP contribution < -0.4 is 10.6 Å². The Morgan fingerprint density at radius 3 is 2.64 bits per heavy atom. The van der Waals surface area contributed by atoms with Crippen LogP contribution in [0.1, 0.15) is 57.2 Å². The minimum atomic E-state index is -0.263. The number of para-hydroxylation sites is 1. The highest BCUT2D eigenvalue weighted by Gasteiger charge is 2.27. The summed E-state index contributed by atoms with van der Waals surface area (Å²) in [5.74, 6) is -0.189. The third-order valence-electron chi connectivity index (χ3n) is 5.07. The smallest absolute Gasteiger partial charge is 0.287 e. The van der Waals surface area contributed by atoms with Gasteiger partial charge >= 0.3 is 0 Å². The number of ether oxygens (including phenoxy) is 1. The number of imidazole rings is 1. The molecule has 0 aliphatic carbocycles. The quantitative estimate of drug-likeness (QED) is 0.719. The van der Waals surface area contributed by atoms with Gasteiger partial charge < -0.3 is 19.9 Å². The van der Waals surface area contributed by atoms with Crippen LogP contribution in [-0.2, 0) is 17.7 Å². The van der Waals surface area contributed by atoms with E-state index in [9.17, 15) is 9.59 Å². The van der Waals surface area contributed by atoms with Gasteiger partial charge in [0, 0.05) is 32.5 Å². The molecule has 0 fully saturated rings. The van der Waals surface area contributed by atoms with E-state index < -0.39 is 0 Å². The number of carbonyl (C=O) groups is 2. The molecule has 2 aromatic rings. The number of hydrogen-bond donors (Lipinski definition) is 2. The molecule has 0 spiro atoms. The lowest BCUT2D eigenvalue weighted by molar-refractivity contribution is 0.0932. The zero-order valence-electron chi connectivity index (χ0n) is 16.8. The number of nitrogens with zero attached hydrogens (tertiary/aromatic N) is 2. The lowest BCUT2D eigenvalue weighted by Crippen LogP contribution is -2.29. The second-order valence-electron chi connectivity index (χ2n) is 7.16. The van der Waals surface area contributed by atoms with Gasteiger partial charge in [-0.1, -0.05) is 18.2 Å². The van der Waals surface area contributed by atoms with Crippen molar-refractivity contribution in [3.8, 4) is 0 Å². The summed E-state index contributed by atoms with van der Waals surface area (Å²) in [7, 11) is 1.63. The molecular weight excluding hydrogens is 356 g/mol. The second kappa shape index (κ2) is 9.01. The van der Waals surface area contributed by atoms with Crippen molar-refractivity contribution in [2.75, 3.05) is 25.6 Å². The summed E-state index contributed by atoms with van der Waals surface area (Å²) >= 11 is 0. The minimum Gasteiger partial charge on any atom is -0.385 e. The van der Waals surface area contributed by atoms with Crippen LogP contribution in [0.25, 0.3) is 0 Å². The van der Waals surface area contributed by atoms with Gasteiger partial charge in [0.15, 0.2) is 11.5 Å². The summed E-state index contributed by atoms with van der Waals surface area (Å²) in [6.07, 6.45) is 3.45. The molecule has 1 aliphatic heterocycles. The first kappa shape index (κ1) is 20.1. The molecule has 0 saturated carbocycles. The van der Waals surface area contributed by atoms with Gasteiger partial charge in [0.25, 0.3) is 11.8 Å². The lowest BCUT2D eigenvalue weighted by Gasteiger charge is -2.17. The third-order valence-corrected chi connectivity index (χ3v) is 5.07. The number of fused-ring (bicyclic) bond motifs is 1. The van der Waals surface area contributed by atoms with Gasteiger partial charge in [-0.3, -0.25) is 9.59 Å². The highest BCUT2D eigenvalue weighted by atomic mass is 16.5. The summed E-state index contributed by atoms with van der Waals surface area (Å²) in [5, 5.41) is 5.86. The molecule has 7 heteroatoms. The fourth-order valence-corrected chi connectivity index (χ4v) is 3.58. The molecule has 1 aromatic carbocycles. The van der Waals surface area contributed by atoms with Crippen molar-refractivity contribution >= 4 is 17.5 Å². The van der Waals surface area contributed by atoms with Crippen LogP contribution in [0.2, 0.25) is 0 Å². The van der Waals surface area contributed by atoms with Crippen molar-refractivity contribution in [1.29, 1.82) is 0 Å². The molecule has 1 aromatic heterocycles. The number of anilines is 1. The zero-order chi connectivity index (χ0) is 20.1. The second-order valence-corrected chi connectivity index (χ2v) is 7.16. The number of aromatic nitrogens is 2. The van der Waals surface area contributed by atoms with Crippen molar-refractivity contribution in [3.05, 3.63) is 46.5 Å². The first-order valence-electron chi connectivity index (χ1n) is 9.77. The average Bonchev–Trinajstić information content (AvgIpc) is 3.08. The minimum absolute atomic E-state index is 0.245.